The maximum Gasteiger partial charge on any atom is 0.0701 e. The number of nitrogens with zero attached hydrogens (tertiary/aromatic N) is 2. The molecule has 4 heteroatoms. The van der Waals surface area contributed by atoms with E-state index in [9.17, 15) is 0 Å². The smallest absolute Gasteiger partial charge is 0.0701 e. The van der Waals surface area contributed by atoms with Crippen molar-refractivity contribution in [3.8, 4) is 5.69 Å². The molecular formula is C14H17N3S. The maximum absolute atomic E-state index is 5.89. The van der Waals surface area contributed by atoms with E-state index in [1.54, 1.807) is 11.8 Å². The van der Waals surface area contributed by atoms with Crippen molar-refractivity contribution in [2.24, 2.45) is 5.73 Å². The molecular weight excluding hydrogens is 242 g/mol. The molecule has 0 radical (unpaired) electrons. The van der Waals surface area contributed by atoms with Gasteiger partial charge in [0.15, 0.2) is 0 Å². The van der Waals surface area contributed by atoms with Crippen molar-refractivity contribution in [1.29, 1.82) is 0 Å². The molecule has 0 aliphatic heterocycles. The molecule has 0 atom stereocenters. The minimum atomic E-state index is 0.547. The molecule has 18 heavy (non-hydrogen) atoms. The van der Waals surface area contributed by atoms with Crippen LogP contribution in [0.2, 0.25) is 0 Å². The molecule has 1 aromatic carbocycles. The Balaban J connectivity index is 2.03. The lowest BCUT2D eigenvalue weighted by Crippen LogP contribution is -2.06. The van der Waals surface area contributed by atoms with Gasteiger partial charge in [-0.1, -0.05) is 6.07 Å². The van der Waals surface area contributed by atoms with E-state index in [2.05, 4.69) is 35.6 Å². The van der Waals surface area contributed by atoms with Crippen LogP contribution in [0.3, 0.4) is 0 Å². The van der Waals surface area contributed by atoms with E-state index in [-0.39, 0.29) is 0 Å². The van der Waals surface area contributed by atoms with Gasteiger partial charge >= 0.3 is 0 Å². The quantitative estimate of drug-likeness (QED) is 0.859. The molecule has 1 heterocycles. The average molecular weight is 259 g/mol. The van der Waals surface area contributed by atoms with Crippen molar-refractivity contribution < 1.29 is 0 Å². The first-order chi connectivity index (χ1) is 8.83. The van der Waals surface area contributed by atoms with Gasteiger partial charge in [0.2, 0.25) is 0 Å². The predicted molar refractivity (Wildman–Crippen MR) is 75.2 cm³/mol. The highest BCUT2D eigenvalue weighted by Crippen LogP contribution is 2.39. The summed E-state index contributed by atoms with van der Waals surface area (Å²) >= 11 is 1.73. The van der Waals surface area contributed by atoms with Gasteiger partial charge in [-0.05, 0) is 37.3 Å². The summed E-state index contributed by atoms with van der Waals surface area (Å²) < 4.78 is 1.97. The van der Waals surface area contributed by atoms with Gasteiger partial charge in [-0.2, -0.15) is 5.10 Å². The second kappa shape index (κ2) is 4.78. The molecule has 1 aliphatic carbocycles. The Bertz CT molecular complexity index is 558. The molecule has 3 nitrogen and oxygen atoms in total. The van der Waals surface area contributed by atoms with Gasteiger partial charge in [0.1, 0.15) is 0 Å². The molecule has 0 saturated heterocycles. The summed E-state index contributed by atoms with van der Waals surface area (Å²) in [5.74, 6) is 0.691. The first kappa shape index (κ1) is 11.8. The van der Waals surface area contributed by atoms with Gasteiger partial charge in [0, 0.05) is 29.1 Å². The van der Waals surface area contributed by atoms with Crippen molar-refractivity contribution >= 4 is 11.8 Å². The number of benzene rings is 1. The fraction of sp³-hybridized carbons (Fsp3) is 0.357. The number of hydrogen-bond acceptors (Lipinski definition) is 3. The summed E-state index contributed by atoms with van der Waals surface area (Å²) in [6.45, 7) is 0.547. The van der Waals surface area contributed by atoms with Crippen molar-refractivity contribution in [2.45, 2.75) is 30.2 Å². The SMILES string of the molecule is CSc1cccc(-n2ccc(C3CC3)n2)c1CN. The number of rotatable bonds is 4. The van der Waals surface area contributed by atoms with Gasteiger partial charge in [-0.25, -0.2) is 4.68 Å². The largest absolute Gasteiger partial charge is 0.326 e. The Hall–Kier alpha value is -1.26. The van der Waals surface area contributed by atoms with Crippen molar-refractivity contribution in [2.75, 3.05) is 6.26 Å². The summed E-state index contributed by atoms with van der Waals surface area (Å²) in [6, 6.07) is 8.40. The predicted octanol–water partition coefficient (Wildman–Crippen LogP) is 2.93. The van der Waals surface area contributed by atoms with Crippen LogP contribution in [0.1, 0.15) is 30.0 Å². The van der Waals surface area contributed by atoms with Crippen LogP contribution in [0.15, 0.2) is 35.4 Å². The Kier molecular flexibility index (Phi) is 3.14. The topological polar surface area (TPSA) is 43.8 Å². The highest BCUT2D eigenvalue weighted by molar-refractivity contribution is 7.98. The Morgan fingerprint density at radius 1 is 1.39 bits per heavy atom. The highest BCUT2D eigenvalue weighted by Gasteiger charge is 2.26. The third-order valence-corrected chi connectivity index (χ3v) is 4.21. The molecule has 1 aliphatic rings. The zero-order valence-electron chi connectivity index (χ0n) is 10.5. The van der Waals surface area contributed by atoms with Crippen LogP contribution >= 0.6 is 11.8 Å². The van der Waals surface area contributed by atoms with Crippen LogP contribution in [-0.2, 0) is 6.54 Å². The van der Waals surface area contributed by atoms with Crippen LogP contribution < -0.4 is 5.73 Å². The summed E-state index contributed by atoms with van der Waals surface area (Å²) in [6.07, 6.45) is 6.69. The van der Waals surface area contributed by atoms with Crippen LogP contribution in [-0.4, -0.2) is 16.0 Å². The van der Waals surface area contributed by atoms with E-state index in [0.717, 1.165) is 5.69 Å². The standard InChI is InChI=1S/C14H17N3S/c1-18-14-4-2-3-13(11(14)9-15)17-8-7-12(16-17)10-5-6-10/h2-4,7-8,10H,5-6,9,15H2,1H3. The molecule has 2 N–H and O–H groups in total. The van der Waals surface area contributed by atoms with Crippen molar-refractivity contribution in [3.63, 3.8) is 0 Å². The van der Waals surface area contributed by atoms with E-state index in [4.69, 9.17) is 5.73 Å². The molecule has 1 aromatic heterocycles. The zero-order chi connectivity index (χ0) is 12.5. The maximum atomic E-state index is 5.89. The number of nitrogens with two attached hydrogens (primary N) is 1. The van der Waals surface area contributed by atoms with Gasteiger partial charge < -0.3 is 5.73 Å². The lowest BCUT2D eigenvalue weighted by Gasteiger charge is -2.11. The van der Waals surface area contributed by atoms with Crippen molar-refractivity contribution in [3.05, 3.63) is 41.7 Å². The molecule has 0 unspecified atom stereocenters. The van der Waals surface area contributed by atoms with Crippen LogP contribution in [0.5, 0.6) is 0 Å². The zero-order valence-corrected chi connectivity index (χ0v) is 11.3. The molecule has 0 bridgehead atoms. The van der Waals surface area contributed by atoms with Gasteiger partial charge in [0.25, 0.3) is 0 Å². The fourth-order valence-corrected chi connectivity index (χ4v) is 2.88. The highest BCUT2D eigenvalue weighted by atomic mass is 32.2. The van der Waals surface area contributed by atoms with Crippen LogP contribution in [0, 0.1) is 0 Å². The average Bonchev–Trinajstić information content (AvgIpc) is 3.15. The van der Waals surface area contributed by atoms with Gasteiger partial charge in [0.05, 0.1) is 11.4 Å². The third-order valence-electron chi connectivity index (χ3n) is 3.38. The number of aromatic nitrogens is 2. The van der Waals surface area contributed by atoms with E-state index in [1.807, 2.05) is 10.9 Å². The normalized spacial score (nSPS) is 15.0. The number of thioether (sulfide) groups is 1. The van der Waals surface area contributed by atoms with E-state index in [1.165, 1.54) is 29.0 Å². The molecule has 0 spiro atoms. The molecule has 0 amide bonds. The lowest BCUT2D eigenvalue weighted by atomic mass is 10.2. The molecule has 3 rings (SSSR count). The van der Waals surface area contributed by atoms with Gasteiger partial charge in [-0.15, -0.1) is 11.8 Å². The molecule has 2 aromatic rings. The van der Waals surface area contributed by atoms with Crippen LogP contribution in [0.25, 0.3) is 5.69 Å². The van der Waals surface area contributed by atoms with E-state index < -0.39 is 0 Å². The van der Waals surface area contributed by atoms with E-state index in [0.29, 0.717) is 12.5 Å². The minimum absolute atomic E-state index is 0.547. The second-order valence-corrected chi connectivity index (χ2v) is 5.47. The fourth-order valence-electron chi connectivity index (χ4n) is 2.23. The first-order valence-corrected chi connectivity index (χ1v) is 7.48. The first-order valence-electron chi connectivity index (χ1n) is 6.25. The number of hydrogen-bond donors (Lipinski definition) is 1. The monoisotopic (exact) mass is 259 g/mol. The minimum Gasteiger partial charge on any atom is -0.326 e. The lowest BCUT2D eigenvalue weighted by molar-refractivity contribution is 0.817. The molecule has 1 fully saturated rings. The van der Waals surface area contributed by atoms with Gasteiger partial charge in [-0.3, -0.25) is 0 Å². The molecule has 94 valence electrons. The Morgan fingerprint density at radius 2 is 2.22 bits per heavy atom. The van der Waals surface area contributed by atoms with Crippen LogP contribution in [0.4, 0.5) is 0 Å². The van der Waals surface area contributed by atoms with Crippen molar-refractivity contribution in [1.82, 2.24) is 9.78 Å². The summed E-state index contributed by atoms with van der Waals surface area (Å²) in [7, 11) is 0. The Morgan fingerprint density at radius 3 is 2.89 bits per heavy atom. The molecule has 1 saturated carbocycles. The summed E-state index contributed by atoms with van der Waals surface area (Å²) in [5, 5.41) is 4.68. The van der Waals surface area contributed by atoms with E-state index >= 15 is 0 Å². The third kappa shape index (κ3) is 2.06. The summed E-state index contributed by atoms with van der Waals surface area (Å²) in [5.41, 5.74) is 9.39. The second-order valence-electron chi connectivity index (χ2n) is 4.62. The summed E-state index contributed by atoms with van der Waals surface area (Å²) in [4.78, 5) is 1.23. The Labute approximate surface area is 111 Å².